The Bertz CT molecular complexity index is 712. The molecule has 0 spiro atoms. The molecular formula is C16H16F3N3OS. The normalized spacial score (nSPS) is 14.6. The zero-order chi connectivity index (χ0) is 17.2. The highest BCUT2D eigenvalue weighted by atomic mass is 32.1. The van der Waals surface area contributed by atoms with Gasteiger partial charge in [0.2, 0.25) is 5.91 Å². The summed E-state index contributed by atoms with van der Waals surface area (Å²) in [6.45, 7) is 0.218. The van der Waals surface area contributed by atoms with Crippen LogP contribution in [0.15, 0.2) is 23.6 Å². The molecule has 2 heterocycles. The zero-order valence-electron chi connectivity index (χ0n) is 12.8. The van der Waals surface area contributed by atoms with Crippen molar-refractivity contribution in [2.45, 2.75) is 37.8 Å². The highest BCUT2D eigenvalue weighted by molar-refractivity contribution is 7.10. The number of rotatable bonds is 6. The second-order valence-electron chi connectivity index (χ2n) is 5.72. The molecule has 1 N–H and O–H groups in total. The molecule has 2 aromatic heterocycles. The average molecular weight is 355 g/mol. The number of carbonyl (C=O) groups is 1. The van der Waals surface area contributed by atoms with Crippen LogP contribution in [0.25, 0.3) is 0 Å². The van der Waals surface area contributed by atoms with Crippen LogP contribution < -0.4 is 5.32 Å². The Morgan fingerprint density at radius 3 is 2.75 bits per heavy atom. The summed E-state index contributed by atoms with van der Waals surface area (Å²) in [5.74, 6) is 0.0799. The molecule has 0 bridgehead atoms. The van der Waals surface area contributed by atoms with Gasteiger partial charge in [-0.05, 0) is 30.4 Å². The highest BCUT2D eigenvalue weighted by Crippen LogP contribution is 2.40. The lowest BCUT2D eigenvalue weighted by Gasteiger charge is -2.10. The van der Waals surface area contributed by atoms with E-state index < -0.39 is 11.9 Å². The molecule has 1 fully saturated rings. The van der Waals surface area contributed by atoms with Gasteiger partial charge in [-0.25, -0.2) is 9.97 Å². The molecular weight excluding hydrogens is 339 g/mol. The van der Waals surface area contributed by atoms with Crippen LogP contribution in [0.1, 0.15) is 40.8 Å². The van der Waals surface area contributed by atoms with E-state index in [1.54, 1.807) is 0 Å². The summed E-state index contributed by atoms with van der Waals surface area (Å²) in [4.78, 5) is 20.6. The number of nitrogens with one attached hydrogen (secondary N) is 1. The van der Waals surface area contributed by atoms with Gasteiger partial charge < -0.3 is 5.32 Å². The lowest BCUT2D eigenvalue weighted by Crippen LogP contribution is -2.27. The summed E-state index contributed by atoms with van der Waals surface area (Å²) in [5.41, 5.74) is -0.448. The number of hydrogen-bond donors (Lipinski definition) is 1. The largest absolute Gasteiger partial charge is 0.433 e. The first-order valence-electron chi connectivity index (χ1n) is 7.66. The number of thiophene rings is 1. The lowest BCUT2D eigenvalue weighted by molar-refractivity contribution is -0.141. The Morgan fingerprint density at radius 2 is 2.12 bits per heavy atom. The van der Waals surface area contributed by atoms with Crippen molar-refractivity contribution in [3.8, 4) is 0 Å². The Kier molecular flexibility index (Phi) is 4.84. The fraction of sp³-hybridized carbons (Fsp3) is 0.438. The molecule has 0 aromatic carbocycles. The molecule has 0 saturated heterocycles. The second kappa shape index (κ2) is 6.88. The van der Waals surface area contributed by atoms with Gasteiger partial charge in [0, 0.05) is 29.5 Å². The van der Waals surface area contributed by atoms with E-state index in [-0.39, 0.29) is 37.0 Å². The van der Waals surface area contributed by atoms with Gasteiger partial charge in [0.1, 0.15) is 11.5 Å². The lowest BCUT2D eigenvalue weighted by atomic mass is 10.2. The topological polar surface area (TPSA) is 54.9 Å². The summed E-state index contributed by atoms with van der Waals surface area (Å²) < 4.78 is 38.8. The predicted octanol–water partition coefficient (Wildman–Crippen LogP) is 3.34. The van der Waals surface area contributed by atoms with E-state index in [9.17, 15) is 18.0 Å². The molecule has 24 heavy (non-hydrogen) atoms. The minimum atomic E-state index is -4.48. The van der Waals surface area contributed by atoms with E-state index in [0.29, 0.717) is 5.69 Å². The molecule has 1 amide bonds. The number of carbonyl (C=O) groups excluding carboxylic acids is 1. The van der Waals surface area contributed by atoms with Crippen LogP contribution in [0.2, 0.25) is 0 Å². The van der Waals surface area contributed by atoms with Crippen LogP contribution in [0.4, 0.5) is 13.2 Å². The van der Waals surface area contributed by atoms with E-state index in [4.69, 9.17) is 0 Å². The minimum Gasteiger partial charge on any atom is -0.355 e. The van der Waals surface area contributed by atoms with Gasteiger partial charge >= 0.3 is 6.18 Å². The smallest absolute Gasteiger partial charge is 0.355 e. The summed E-state index contributed by atoms with van der Waals surface area (Å²) >= 11 is 1.49. The van der Waals surface area contributed by atoms with Crippen LogP contribution >= 0.6 is 11.3 Å². The van der Waals surface area contributed by atoms with Gasteiger partial charge in [-0.15, -0.1) is 11.3 Å². The first-order chi connectivity index (χ1) is 11.4. The molecule has 0 atom stereocenters. The number of nitrogens with zero attached hydrogens (tertiary/aromatic N) is 2. The van der Waals surface area contributed by atoms with Crippen molar-refractivity contribution < 1.29 is 18.0 Å². The molecule has 2 aromatic rings. The van der Waals surface area contributed by atoms with Crippen LogP contribution in [0, 0.1) is 0 Å². The number of hydrogen-bond acceptors (Lipinski definition) is 4. The number of aromatic nitrogens is 2. The minimum absolute atomic E-state index is 0.112. The molecule has 3 rings (SSSR count). The molecule has 4 nitrogen and oxygen atoms in total. The third kappa shape index (κ3) is 4.53. The zero-order valence-corrected chi connectivity index (χ0v) is 13.6. The van der Waals surface area contributed by atoms with Crippen LogP contribution in [-0.2, 0) is 23.8 Å². The van der Waals surface area contributed by atoms with Gasteiger partial charge in [0.15, 0.2) is 0 Å². The van der Waals surface area contributed by atoms with E-state index in [2.05, 4.69) is 15.3 Å². The monoisotopic (exact) mass is 355 g/mol. The molecule has 8 heteroatoms. The summed E-state index contributed by atoms with van der Waals surface area (Å²) in [7, 11) is 0. The Balaban J connectivity index is 1.60. The van der Waals surface area contributed by atoms with Crippen molar-refractivity contribution in [1.82, 2.24) is 15.3 Å². The summed E-state index contributed by atoms with van der Waals surface area (Å²) in [5, 5.41) is 4.59. The first kappa shape index (κ1) is 16.9. The van der Waals surface area contributed by atoms with E-state index in [1.165, 1.54) is 11.3 Å². The summed E-state index contributed by atoms with van der Waals surface area (Å²) in [6.07, 6.45) is -2.30. The van der Waals surface area contributed by atoms with Gasteiger partial charge in [0.25, 0.3) is 0 Å². The van der Waals surface area contributed by atoms with Crippen molar-refractivity contribution in [2.75, 3.05) is 6.54 Å². The van der Waals surface area contributed by atoms with Crippen molar-refractivity contribution in [2.24, 2.45) is 0 Å². The fourth-order valence-electron chi connectivity index (χ4n) is 2.31. The molecule has 0 radical (unpaired) electrons. The second-order valence-corrected chi connectivity index (χ2v) is 6.75. The van der Waals surface area contributed by atoms with E-state index in [0.717, 1.165) is 23.8 Å². The van der Waals surface area contributed by atoms with Gasteiger partial charge in [-0.2, -0.15) is 13.2 Å². The predicted molar refractivity (Wildman–Crippen MR) is 83.7 cm³/mol. The quantitative estimate of drug-likeness (QED) is 0.865. The maximum Gasteiger partial charge on any atom is 0.433 e. The average Bonchev–Trinajstić information content (AvgIpc) is 3.25. The molecule has 0 aliphatic heterocycles. The van der Waals surface area contributed by atoms with Crippen molar-refractivity contribution in [3.05, 3.63) is 45.7 Å². The molecule has 0 unspecified atom stereocenters. The maximum atomic E-state index is 12.9. The first-order valence-corrected chi connectivity index (χ1v) is 8.54. The SMILES string of the molecule is O=C(Cc1cccs1)NCCc1nc(C2CC2)cc(C(F)(F)F)n1. The van der Waals surface area contributed by atoms with Gasteiger partial charge in [-0.1, -0.05) is 6.07 Å². The number of halogens is 3. The Labute approximate surface area is 141 Å². The van der Waals surface area contributed by atoms with Gasteiger partial charge in [-0.3, -0.25) is 4.79 Å². The van der Waals surface area contributed by atoms with Crippen molar-refractivity contribution in [1.29, 1.82) is 0 Å². The van der Waals surface area contributed by atoms with Crippen LogP contribution in [0.5, 0.6) is 0 Å². The van der Waals surface area contributed by atoms with Crippen molar-refractivity contribution in [3.63, 3.8) is 0 Å². The Morgan fingerprint density at radius 1 is 1.33 bits per heavy atom. The fourth-order valence-corrected chi connectivity index (χ4v) is 3.01. The molecule has 1 saturated carbocycles. The van der Waals surface area contributed by atoms with Crippen LogP contribution in [-0.4, -0.2) is 22.4 Å². The third-order valence-electron chi connectivity index (χ3n) is 3.66. The molecule has 1 aliphatic carbocycles. The third-order valence-corrected chi connectivity index (χ3v) is 4.54. The van der Waals surface area contributed by atoms with E-state index >= 15 is 0 Å². The molecule has 1 aliphatic rings. The number of alkyl halides is 3. The van der Waals surface area contributed by atoms with E-state index in [1.807, 2.05) is 17.5 Å². The highest BCUT2D eigenvalue weighted by Gasteiger charge is 2.35. The summed E-state index contributed by atoms with van der Waals surface area (Å²) in [6, 6.07) is 4.77. The molecule has 128 valence electrons. The Hall–Kier alpha value is -1.96. The standard InChI is InChI=1S/C16H16F3N3OS/c17-16(18,19)13-9-12(10-3-4-10)21-14(22-13)5-6-20-15(23)8-11-2-1-7-24-11/h1-2,7,9-10H,3-6,8H2,(H,20,23). The number of amides is 1. The van der Waals surface area contributed by atoms with Gasteiger partial charge in [0.05, 0.1) is 6.42 Å². The maximum absolute atomic E-state index is 12.9. The van der Waals surface area contributed by atoms with Crippen molar-refractivity contribution >= 4 is 17.2 Å². The van der Waals surface area contributed by atoms with Crippen LogP contribution in [0.3, 0.4) is 0 Å².